The molecular weight excluding hydrogens is 394 g/mol. The maximum absolute atomic E-state index is 12.9. The molecule has 0 bridgehead atoms. The minimum absolute atomic E-state index is 0.0286. The minimum atomic E-state index is -0.159. The quantitative estimate of drug-likeness (QED) is 0.656. The molecule has 2 amide bonds. The highest BCUT2D eigenvalue weighted by molar-refractivity contribution is 5.92. The van der Waals surface area contributed by atoms with E-state index < -0.39 is 0 Å². The van der Waals surface area contributed by atoms with Gasteiger partial charge >= 0.3 is 5.69 Å². The minimum Gasteiger partial charge on any atom is -0.339 e. The molecule has 8 heteroatoms. The Hall–Kier alpha value is -3.39. The molecule has 31 heavy (non-hydrogen) atoms. The second-order valence-electron chi connectivity index (χ2n) is 7.67. The molecule has 0 atom stereocenters. The van der Waals surface area contributed by atoms with Gasteiger partial charge in [-0.2, -0.15) is 0 Å². The lowest BCUT2D eigenvalue weighted by Crippen LogP contribution is -2.51. The first-order valence-electron chi connectivity index (χ1n) is 10.6. The molecule has 0 unspecified atom stereocenters. The molecule has 3 aromatic rings. The number of piperazine rings is 1. The van der Waals surface area contributed by atoms with Gasteiger partial charge in [0.1, 0.15) is 6.54 Å². The Bertz CT molecular complexity index is 1130. The van der Waals surface area contributed by atoms with Gasteiger partial charge in [-0.1, -0.05) is 30.3 Å². The fourth-order valence-corrected chi connectivity index (χ4v) is 4.05. The molecule has 8 nitrogen and oxygen atoms in total. The van der Waals surface area contributed by atoms with Crippen molar-refractivity contribution >= 4 is 28.5 Å². The highest BCUT2D eigenvalue weighted by atomic mass is 16.2. The van der Waals surface area contributed by atoms with Crippen molar-refractivity contribution in [2.24, 2.45) is 0 Å². The maximum atomic E-state index is 12.9. The predicted molar refractivity (Wildman–Crippen MR) is 120 cm³/mol. The number of nitrogens with zero attached hydrogens (tertiary/aromatic N) is 4. The Labute approximate surface area is 180 Å². The van der Waals surface area contributed by atoms with Crippen LogP contribution in [0.2, 0.25) is 0 Å². The van der Waals surface area contributed by atoms with Crippen LogP contribution in [0, 0.1) is 0 Å². The number of carbonyl (C=O) groups excluding carboxylic acids is 2. The zero-order valence-corrected chi connectivity index (χ0v) is 17.7. The number of nitrogens with one attached hydrogen (secondary N) is 1. The predicted octanol–water partition coefficient (Wildman–Crippen LogP) is 1.61. The molecule has 0 aliphatic carbocycles. The number of anilines is 1. The van der Waals surface area contributed by atoms with Crippen LogP contribution >= 0.6 is 0 Å². The summed E-state index contributed by atoms with van der Waals surface area (Å²) in [4.78, 5) is 41.7. The van der Waals surface area contributed by atoms with E-state index in [1.54, 1.807) is 14.0 Å². The molecule has 0 spiro atoms. The van der Waals surface area contributed by atoms with Gasteiger partial charge in [0.15, 0.2) is 0 Å². The third-order valence-corrected chi connectivity index (χ3v) is 5.68. The number of imidazole rings is 1. The number of benzene rings is 2. The largest absolute Gasteiger partial charge is 0.339 e. The molecule has 2 heterocycles. The summed E-state index contributed by atoms with van der Waals surface area (Å²) in [6.07, 6.45) is 0. The smallest absolute Gasteiger partial charge is 0.329 e. The van der Waals surface area contributed by atoms with Crippen molar-refractivity contribution < 1.29 is 9.59 Å². The Morgan fingerprint density at radius 3 is 2.10 bits per heavy atom. The Morgan fingerprint density at radius 2 is 1.45 bits per heavy atom. The summed E-state index contributed by atoms with van der Waals surface area (Å²) in [6.45, 7) is 5.13. The van der Waals surface area contributed by atoms with E-state index in [0.29, 0.717) is 39.3 Å². The first-order chi connectivity index (χ1) is 15.1. The molecule has 4 rings (SSSR count). The summed E-state index contributed by atoms with van der Waals surface area (Å²) >= 11 is 0. The van der Waals surface area contributed by atoms with Gasteiger partial charge in [0.05, 0.1) is 17.6 Å². The number of aryl methyl sites for hydroxylation is 1. The van der Waals surface area contributed by atoms with Crippen LogP contribution in [0.5, 0.6) is 0 Å². The fourth-order valence-electron chi connectivity index (χ4n) is 4.05. The molecule has 1 saturated heterocycles. The van der Waals surface area contributed by atoms with Crippen LogP contribution < -0.4 is 11.0 Å². The first kappa shape index (κ1) is 20.9. The molecule has 2 aromatic carbocycles. The number of para-hydroxylation sites is 3. The fraction of sp³-hybridized carbons (Fsp3) is 0.348. The van der Waals surface area contributed by atoms with E-state index in [4.69, 9.17) is 0 Å². The van der Waals surface area contributed by atoms with Crippen molar-refractivity contribution in [1.82, 2.24) is 18.9 Å². The number of rotatable bonds is 6. The van der Waals surface area contributed by atoms with Gasteiger partial charge in [-0.05, 0) is 31.2 Å². The SMILES string of the molecule is CCn1c(=O)n(CC(=O)N2CCN(CC(=O)Nc3ccccc3)CC2)c2ccccc21. The van der Waals surface area contributed by atoms with E-state index in [1.165, 1.54) is 0 Å². The van der Waals surface area contributed by atoms with Gasteiger partial charge in [-0.15, -0.1) is 0 Å². The van der Waals surface area contributed by atoms with Crippen molar-refractivity contribution in [3.8, 4) is 0 Å². The van der Waals surface area contributed by atoms with E-state index >= 15 is 0 Å². The van der Waals surface area contributed by atoms with Crippen LogP contribution in [0.1, 0.15) is 6.92 Å². The maximum Gasteiger partial charge on any atom is 0.329 e. The highest BCUT2D eigenvalue weighted by Crippen LogP contribution is 2.13. The van der Waals surface area contributed by atoms with Crippen LogP contribution in [0.25, 0.3) is 11.0 Å². The Balaban J connectivity index is 1.34. The first-order valence-corrected chi connectivity index (χ1v) is 10.6. The molecule has 1 aliphatic rings. The van der Waals surface area contributed by atoms with Gasteiger partial charge < -0.3 is 10.2 Å². The van der Waals surface area contributed by atoms with Crippen molar-refractivity contribution in [3.63, 3.8) is 0 Å². The van der Waals surface area contributed by atoms with E-state index in [1.807, 2.05) is 66.4 Å². The van der Waals surface area contributed by atoms with Crippen molar-refractivity contribution in [1.29, 1.82) is 0 Å². The third kappa shape index (κ3) is 4.54. The monoisotopic (exact) mass is 421 g/mol. The van der Waals surface area contributed by atoms with E-state index in [9.17, 15) is 14.4 Å². The summed E-state index contributed by atoms with van der Waals surface area (Å²) in [5.41, 5.74) is 2.24. The summed E-state index contributed by atoms with van der Waals surface area (Å²) < 4.78 is 3.24. The summed E-state index contributed by atoms with van der Waals surface area (Å²) in [7, 11) is 0. The average Bonchev–Trinajstić information content (AvgIpc) is 3.05. The van der Waals surface area contributed by atoms with Gasteiger partial charge in [-0.25, -0.2) is 4.79 Å². The molecule has 1 fully saturated rings. The second-order valence-corrected chi connectivity index (χ2v) is 7.67. The number of hydrogen-bond donors (Lipinski definition) is 1. The summed E-state index contributed by atoms with van der Waals surface area (Å²) in [5.74, 6) is -0.139. The molecule has 1 N–H and O–H groups in total. The molecule has 162 valence electrons. The number of aromatic nitrogens is 2. The molecule has 1 aromatic heterocycles. The normalized spacial score (nSPS) is 14.7. The molecular formula is C23H27N5O3. The average molecular weight is 422 g/mol. The van der Waals surface area contributed by atoms with Gasteiger partial charge in [0.25, 0.3) is 0 Å². The standard InChI is InChI=1S/C23H27N5O3/c1-2-27-19-10-6-7-11-20(19)28(23(27)31)17-22(30)26-14-12-25(13-15-26)16-21(29)24-18-8-4-3-5-9-18/h3-11H,2,12-17H2,1H3,(H,24,29). The van der Waals surface area contributed by atoms with E-state index in [-0.39, 0.29) is 24.0 Å². The van der Waals surface area contributed by atoms with Crippen LogP contribution in [-0.2, 0) is 22.7 Å². The lowest BCUT2D eigenvalue weighted by molar-refractivity contribution is -0.133. The van der Waals surface area contributed by atoms with Crippen molar-refractivity contribution in [2.75, 3.05) is 38.0 Å². The lowest BCUT2D eigenvalue weighted by Gasteiger charge is -2.34. The number of amides is 2. The van der Waals surface area contributed by atoms with Crippen LogP contribution in [0.4, 0.5) is 5.69 Å². The van der Waals surface area contributed by atoms with Gasteiger partial charge in [0.2, 0.25) is 11.8 Å². The zero-order chi connectivity index (χ0) is 21.8. The summed E-state index contributed by atoms with van der Waals surface area (Å²) in [6, 6.07) is 16.9. The highest BCUT2D eigenvalue weighted by Gasteiger charge is 2.24. The number of fused-ring (bicyclic) bond motifs is 1. The van der Waals surface area contributed by atoms with Crippen LogP contribution in [0.15, 0.2) is 59.4 Å². The van der Waals surface area contributed by atoms with Crippen molar-refractivity contribution in [2.45, 2.75) is 20.0 Å². The second kappa shape index (κ2) is 9.18. The van der Waals surface area contributed by atoms with Crippen LogP contribution in [0.3, 0.4) is 0 Å². The van der Waals surface area contributed by atoms with Gasteiger partial charge in [0, 0.05) is 38.4 Å². The lowest BCUT2D eigenvalue weighted by atomic mass is 10.3. The van der Waals surface area contributed by atoms with E-state index in [0.717, 1.165) is 16.7 Å². The third-order valence-electron chi connectivity index (χ3n) is 5.68. The Kier molecular flexibility index (Phi) is 6.18. The number of carbonyl (C=O) groups is 2. The van der Waals surface area contributed by atoms with Crippen molar-refractivity contribution in [3.05, 3.63) is 65.1 Å². The topological polar surface area (TPSA) is 79.6 Å². The van der Waals surface area contributed by atoms with E-state index in [2.05, 4.69) is 5.32 Å². The Morgan fingerprint density at radius 1 is 0.839 bits per heavy atom. The molecule has 0 radical (unpaired) electrons. The zero-order valence-electron chi connectivity index (χ0n) is 17.7. The summed E-state index contributed by atoms with van der Waals surface area (Å²) in [5, 5.41) is 2.89. The number of hydrogen-bond acceptors (Lipinski definition) is 4. The molecule has 1 aliphatic heterocycles. The molecule has 0 saturated carbocycles. The van der Waals surface area contributed by atoms with Crippen LogP contribution in [-0.4, -0.2) is 63.5 Å². The van der Waals surface area contributed by atoms with Gasteiger partial charge in [-0.3, -0.25) is 23.6 Å².